The maximum atomic E-state index is 13.7. The van der Waals surface area contributed by atoms with E-state index in [0.717, 1.165) is 17.3 Å². The molecule has 122 valence electrons. The summed E-state index contributed by atoms with van der Waals surface area (Å²) < 4.78 is 19.2. The number of amidine groups is 1. The van der Waals surface area contributed by atoms with E-state index < -0.39 is 5.82 Å². The van der Waals surface area contributed by atoms with Gasteiger partial charge in [-0.3, -0.25) is 4.79 Å². The number of nitrogens with zero attached hydrogens (tertiary/aromatic N) is 1. The molecule has 1 amide bonds. The first kappa shape index (κ1) is 16.5. The highest BCUT2D eigenvalue weighted by atomic mass is 35.5. The fraction of sp³-hybridized carbons (Fsp3) is 0.0588. The van der Waals surface area contributed by atoms with Crippen molar-refractivity contribution >= 4 is 40.5 Å². The summed E-state index contributed by atoms with van der Waals surface area (Å²) in [5.74, 6) is -0.178. The molecule has 0 aromatic heterocycles. The second-order valence-corrected chi connectivity index (χ2v) is 6.39. The average molecular weight is 363 g/mol. The lowest BCUT2D eigenvalue weighted by Crippen LogP contribution is -2.01. The molecule has 0 radical (unpaired) electrons. The number of ether oxygens (including phenoxy) is 1. The van der Waals surface area contributed by atoms with Crippen LogP contribution < -0.4 is 10.5 Å². The number of hydrogen-bond acceptors (Lipinski definition) is 4. The Morgan fingerprint density at radius 1 is 1.25 bits per heavy atom. The molecule has 1 aliphatic rings. The van der Waals surface area contributed by atoms with Gasteiger partial charge >= 0.3 is 0 Å². The van der Waals surface area contributed by atoms with Crippen LogP contribution in [0.15, 0.2) is 52.4 Å². The monoisotopic (exact) mass is 362 g/mol. The lowest BCUT2D eigenvalue weighted by Gasteiger charge is -2.09. The molecule has 0 saturated carbocycles. The SMILES string of the molecule is NC1=NC(=O)/C(=C\c2ccc(OCc3c(F)cccc3Cl)cc2)S1. The van der Waals surface area contributed by atoms with Crippen LogP contribution in [-0.4, -0.2) is 11.1 Å². The number of thioether (sulfide) groups is 1. The van der Waals surface area contributed by atoms with Crippen LogP contribution in [0.1, 0.15) is 11.1 Å². The molecule has 4 nitrogen and oxygen atoms in total. The minimum Gasteiger partial charge on any atom is -0.489 e. The highest BCUT2D eigenvalue weighted by Gasteiger charge is 2.19. The number of carbonyl (C=O) groups excluding carboxylic acids is 1. The Balaban J connectivity index is 1.67. The van der Waals surface area contributed by atoms with E-state index in [4.69, 9.17) is 22.1 Å². The molecule has 0 atom stereocenters. The Labute approximate surface area is 147 Å². The summed E-state index contributed by atoms with van der Waals surface area (Å²) in [5, 5.41) is 0.568. The number of halogens is 2. The summed E-state index contributed by atoms with van der Waals surface area (Å²) in [5.41, 5.74) is 6.63. The van der Waals surface area contributed by atoms with E-state index in [-0.39, 0.29) is 17.7 Å². The van der Waals surface area contributed by atoms with Crippen LogP contribution in [0, 0.1) is 5.82 Å². The molecule has 0 unspecified atom stereocenters. The molecule has 0 saturated heterocycles. The lowest BCUT2D eigenvalue weighted by molar-refractivity contribution is -0.113. The van der Waals surface area contributed by atoms with E-state index in [9.17, 15) is 9.18 Å². The van der Waals surface area contributed by atoms with Crippen molar-refractivity contribution in [3.05, 3.63) is 69.3 Å². The van der Waals surface area contributed by atoms with Crippen molar-refractivity contribution in [1.29, 1.82) is 0 Å². The van der Waals surface area contributed by atoms with Crippen LogP contribution in [0.5, 0.6) is 5.75 Å². The van der Waals surface area contributed by atoms with Gasteiger partial charge in [-0.05, 0) is 47.7 Å². The maximum Gasteiger partial charge on any atom is 0.286 e. The molecule has 24 heavy (non-hydrogen) atoms. The molecule has 7 heteroatoms. The first-order chi connectivity index (χ1) is 11.5. The van der Waals surface area contributed by atoms with Crippen LogP contribution in [0.2, 0.25) is 5.02 Å². The summed E-state index contributed by atoms with van der Waals surface area (Å²) in [6.45, 7) is 0.0324. The lowest BCUT2D eigenvalue weighted by atomic mass is 10.2. The zero-order valence-corrected chi connectivity index (χ0v) is 13.9. The molecule has 0 aliphatic carbocycles. The third-order valence-electron chi connectivity index (χ3n) is 3.26. The van der Waals surface area contributed by atoms with Gasteiger partial charge in [0, 0.05) is 5.56 Å². The fourth-order valence-corrected chi connectivity index (χ4v) is 2.96. The summed E-state index contributed by atoms with van der Waals surface area (Å²) in [6, 6.07) is 11.5. The zero-order valence-electron chi connectivity index (χ0n) is 12.3. The number of nitrogens with two attached hydrogens (primary N) is 1. The van der Waals surface area contributed by atoms with E-state index in [0.29, 0.717) is 21.2 Å². The minimum atomic E-state index is -0.404. The normalized spacial score (nSPS) is 15.7. The first-order valence-electron chi connectivity index (χ1n) is 6.97. The van der Waals surface area contributed by atoms with Crippen molar-refractivity contribution < 1.29 is 13.9 Å². The predicted molar refractivity (Wildman–Crippen MR) is 94.4 cm³/mol. The Kier molecular flexibility index (Phi) is 4.87. The summed E-state index contributed by atoms with van der Waals surface area (Å²) in [6.07, 6.45) is 1.70. The number of hydrogen-bond donors (Lipinski definition) is 1. The number of amides is 1. The molecule has 0 fully saturated rings. The van der Waals surface area contributed by atoms with Crippen LogP contribution in [0.25, 0.3) is 6.08 Å². The van der Waals surface area contributed by atoms with E-state index in [2.05, 4.69) is 4.99 Å². The van der Waals surface area contributed by atoms with Crippen molar-refractivity contribution in [1.82, 2.24) is 0 Å². The van der Waals surface area contributed by atoms with Crippen molar-refractivity contribution in [2.75, 3.05) is 0 Å². The zero-order chi connectivity index (χ0) is 17.1. The summed E-state index contributed by atoms with van der Waals surface area (Å²) in [7, 11) is 0. The van der Waals surface area contributed by atoms with E-state index >= 15 is 0 Å². The first-order valence-corrected chi connectivity index (χ1v) is 8.16. The standard InChI is InChI=1S/C17H12ClFN2O2S/c18-13-2-1-3-14(19)12(13)9-23-11-6-4-10(5-7-11)8-15-16(22)21-17(20)24-15/h1-8H,9H2,(H2,20,21,22)/b15-8+. The van der Waals surface area contributed by atoms with Gasteiger partial charge in [-0.2, -0.15) is 4.99 Å². The molecule has 3 rings (SSSR count). The quantitative estimate of drug-likeness (QED) is 0.835. The molecular weight excluding hydrogens is 351 g/mol. The number of aliphatic imine (C=N–C) groups is 1. The van der Waals surface area contributed by atoms with Crippen molar-refractivity contribution in [3.8, 4) is 5.75 Å². The maximum absolute atomic E-state index is 13.7. The van der Waals surface area contributed by atoms with Gasteiger partial charge in [-0.25, -0.2) is 4.39 Å². The highest BCUT2D eigenvalue weighted by Crippen LogP contribution is 2.27. The van der Waals surface area contributed by atoms with E-state index in [1.807, 2.05) is 0 Å². The number of rotatable bonds is 4. The van der Waals surface area contributed by atoms with Gasteiger partial charge in [0.05, 0.1) is 9.93 Å². The Morgan fingerprint density at radius 3 is 2.62 bits per heavy atom. The van der Waals surface area contributed by atoms with Crippen LogP contribution >= 0.6 is 23.4 Å². The van der Waals surface area contributed by atoms with Crippen molar-refractivity contribution in [2.45, 2.75) is 6.61 Å². The molecule has 1 aliphatic heterocycles. The fourth-order valence-electron chi connectivity index (χ4n) is 2.06. The molecule has 2 N–H and O–H groups in total. The topological polar surface area (TPSA) is 64.7 Å². The average Bonchev–Trinajstić information content (AvgIpc) is 2.86. The molecule has 0 spiro atoms. The van der Waals surface area contributed by atoms with Crippen LogP contribution in [0.4, 0.5) is 4.39 Å². The summed E-state index contributed by atoms with van der Waals surface area (Å²) in [4.78, 5) is 15.7. The summed E-state index contributed by atoms with van der Waals surface area (Å²) >= 11 is 7.09. The van der Waals surface area contributed by atoms with E-state index in [1.54, 1.807) is 42.5 Å². The smallest absolute Gasteiger partial charge is 0.286 e. The van der Waals surface area contributed by atoms with Crippen molar-refractivity contribution in [2.24, 2.45) is 10.7 Å². The number of carbonyl (C=O) groups is 1. The highest BCUT2D eigenvalue weighted by molar-refractivity contribution is 8.18. The number of benzene rings is 2. The van der Waals surface area contributed by atoms with Gasteiger partial charge in [0.1, 0.15) is 18.2 Å². The van der Waals surface area contributed by atoms with Gasteiger partial charge in [-0.1, -0.05) is 29.8 Å². The molecular formula is C17H12ClFN2O2S. The Bertz CT molecular complexity index is 830. The third kappa shape index (κ3) is 3.77. The molecule has 2 aromatic rings. The van der Waals surface area contributed by atoms with Crippen LogP contribution in [-0.2, 0) is 11.4 Å². The molecule has 1 heterocycles. The molecule has 2 aromatic carbocycles. The van der Waals surface area contributed by atoms with Crippen molar-refractivity contribution in [3.63, 3.8) is 0 Å². The predicted octanol–water partition coefficient (Wildman–Crippen LogP) is 3.99. The second-order valence-electron chi connectivity index (χ2n) is 4.92. The Morgan fingerprint density at radius 2 is 2.00 bits per heavy atom. The van der Waals surface area contributed by atoms with Crippen LogP contribution in [0.3, 0.4) is 0 Å². The van der Waals surface area contributed by atoms with E-state index in [1.165, 1.54) is 6.07 Å². The van der Waals surface area contributed by atoms with Gasteiger partial charge in [0.25, 0.3) is 5.91 Å². The third-order valence-corrected chi connectivity index (χ3v) is 4.43. The molecule has 0 bridgehead atoms. The van der Waals surface area contributed by atoms with Gasteiger partial charge in [0.2, 0.25) is 0 Å². The van der Waals surface area contributed by atoms with Gasteiger partial charge in [0.15, 0.2) is 5.17 Å². The van der Waals surface area contributed by atoms with Gasteiger partial charge < -0.3 is 10.5 Å². The second kappa shape index (κ2) is 7.07. The largest absolute Gasteiger partial charge is 0.489 e. The Hall–Kier alpha value is -2.31. The minimum absolute atomic E-state index is 0.0324. The van der Waals surface area contributed by atoms with Gasteiger partial charge in [-0.15, -0.1) is 0 Å².